The lowest BCUT2D eigenvalue weighted by Crippen LogP contribution is -2.62. The molecule has 1 amide bonds. The van der Waals surface area contributed by atoms with Crippen LogP contribution < -0.4 is 0 Å². The molecular formula is C15H13ClF8N2O. The van der Waals surface area contributed by atoms with Crippen molar-refractivity contribution in [2.75, 3.05) is 26.2 Å². The largest absolute Gasteiger partial charge is 0.460 e. The number of nitrogens with zero attached hydrogens (tertiary/aromatic N) is 2. The molecule has 0 saturated carbocycles. The predicted molar refractivity (Wildman–Crippen MR) is 79.2 cm³/mol. The van der Waals surface area contributed by atoms with Gasteiger partial charge in [0.2, 0.25) is 0 Å². The van der Waals surface area contributed by atoms with Crippen LogP contribution in [0.1, 0.15) is 5.56 Å². The van der Waals surface area contributed by atoms with E-state index < -0.39 is 42.8 Å². The second-order valence-corrected chi connectivity index (χ2v) is 6.36. The number of piperazine rings is 1. The molecule has 0 aliphatic carbocycles. The van der Waals surface area contributed by atoms with E-state index in [4.69, 9.17) is 11.6 Å². The van der Waals surface area contributed by atoms with Gasteiger partial charge in [0.1, 0.15) is 5.82 Å². The van der Waals surface area contributed by atoms with E-state index in [0.717, 1.165) is 12.1 Å². The molecule has 0 radical (unpaired) electrons. The topological polar surface area (TPSA) is 23.6 Å². The van der Waals surface area contributed by atoms with Gasteiger partial charge in [-0.15, -0.1) is 0 Å². The Morgan fingerprint density at radius 1 is 1.00 bits per heavy atom. The minimum atomic E-state index is -6.56. The minimum Gasteiger partial charge on any atom is -0.335 e. The molecule has 1 heterocycles. The first-order valence-electron chi connectivity index (χ1n) is 7.55. The average molecular weight is 425 g/mol. The van der Waals surface area contributed by atoms with Crippen molar-refractivity contribution in [3.8, 4) is 0 Å². The van der Waals surface area contributed by atoms with Gasteiger partial charge in [0.25, 0.3) is 5.91 Å². The van der Waals surface area contributed by atoms with E-state index in [2.05, 4.69) is 0 Å². The molecule has 1 aromatic carbocycles. The number of rotatable bonds is 4. The highest BCUT2D eigenvalue weighted by molar-refractivity contribution is 6.31. The van der Waals surface area contributed by atoms with Crippen LogP contribution in [0.2, 0.25) is 5.02 Å². The normalized spacial score (nSPS) is 17.3. The van der Waals surface area contributed by atoms with E-state index in [1.807, 2.05) is 0 Å². The predicted octanol–water partition coefficient (Wildman–Crippen LogP) is 3.96. The Kier molecular flexibility index (Phi) is 5.96. The van der Waals surface area contributed by atoms with Crippen molar-refractivity contribution in [1.29, 1.82) is 0 Å². The number of hydrogen-bond donors (Lipinski definition) is 0. The van der Waals surface area contributed by atoms with Gasteiger partial charge in [-0.25, -0.2) is 4.39 Å². The van der Waals surface area contributed by atoms with Crippen molar-refractivity contribution >= 4 is 17.5 Å². The van der Waals surface area contributed by atoms with Gasteiger partial charge in [-0.2, -0.15) is 30.7 Å². The van der Waals surface area contributed by atoms with Gasteiger partial charge in [-0.1, -0.05) is 17.7 Å². The Labute approximate surface area is 153 Å². The lowest BCUT2D eigenvalue weighted by atomic mass is 10.1. The van der Waals surface area contributed by atoms with Crippen LogP contribution in [-0.4, -0.2) is 59.9 Å². The van der Waals surface area contributed by atoms with E-state index in [0.29, 0.717) is 5.56 Å². The summed E-state index contributed by atoms with van der Waals surface area (Å²) in [4.78, 5) is 13.5. The number of alkyl halides is 7. The molecule has 1 saturated heterocycles. The first-order valence-corrected chi connectivity index (χ1v) is 7.93. The summed E-state index contributed by atoms with van der Waals surface area (Å²) in [5, 5.41) is 0.116. The van der Waals surface area contributed by atoms with Crippen LogP contribution in [-0.2, 0) is 11.3 Å². The number of amides is 1. The molecule has 0 atom stereocenters. The van der Waals surface area contributed by atoms with Crippen molar-refractivity contribution in [1.82, 2.24) is 9.80 Å². The zero-order valence-corrected chi connectivity index (χ0v) is 14.2. The zero-order chi connectivity index (χ0) is 20.6. The molecule has 1 aliphatic rings. The van der Waals surface area contributed by atoms with Gasteiger partial charge in [0, 0.05) is 37.7 Å². The first kappa shape index (κ1) is 21.7. The molecule has 1 fully saturated rings. The fourth-order valence-electron chi connectivity index (χ4n) is 2.51. The molecule has 0 spiro atoms. The van der Waals surface area contributed by atoms with Crippen molar-refractivity contribution in [2.24, 2.45) is 0 Å². The maximum Gasteiger partial charge on any atom is 0.460 e. The molecule has 0 unspecified atom stereocenters. The van der Waals surface area contributed by atoms with Crippen LogP contribution in [0.5, 0.6) is 0 Å². The fraction of sp³-hybridized carbons (Fsp3) is 0.533. The molecule has 0 bridgehead atoms. The third-order valence-corrected chi connectivity index (χ3v) is 4.44. The number of benzene rings is 1. The summed E-state index contributed by atoms with van der Waals surface area (Å²) in [6, 6.07) is 3.62. The first-order chi connectivity index (χ1) is 12.3. The van der Waals surface area contributed by atoms with Gasteiger partial charge in [-0.3, -0.25) is 9.69 Å². The van der Waals surface area contributed by atoms with E-state index in [1.54, 1.807) is 4.90 Å². The highest BCUT2D eigenvalue weighted by Crippen LogP contribution is 2.47. The molecular weight excluding hydrogens is 412 g/mol. The molecule has 12 heteroatoms. The molecule has 0 aromatic heterocycles. The standard InChI is InChI=1S/C15H13ClF8N2O/c16-11-7-10(17)2-1-9(11)8-25-3-5-26(6-4-25)12(27)13(18,19)14(20,21)15(22,23)24/h1-2,7H,3-6,8H2. The Hall–Kier alpha value is -1.62. The molecule has 152 valence electrons. The summed E-state index contributed by atoms with van der Waals surface area (Å²) in [6.45, 7) is -0.904. The van der Waals surface area contributed by atoms with Gasteiger partial charge in [0.15, 0.2) is 0 Å². The number of carbonyl (C=O) groups is 1. The van der Waals surface area contributed by atoms with Crippen LogP contribution in [0.3, 0.4) is 0 Å². The summed E-state index contributed by atoms with van der Waals surface area (Å²) in [5.74, 6) is -15.5. The number of hydrogen-bond acceptors (Lipinski definition) is 2. The monoisotopic (exact) mass is 424 g/mol. The van der Waals surface area contributed by atoms with Crippen molar-refractivity contribution in [2.45, 2.75) is 24.6 Å². The highest BCUT2D eigenvalue weighted by Gasteiger charge is 2.76. The molecule has 27 heavy (non-hydrogen) atoms. The van der Waals surface area contributed by atoms with Gasteiger partial charge < -0.3 is 4.90 Å². The lowest BCUT2D eigenvalue weighted by Gasteiger charge is -2.37. The van der Waals surface area contributed by atoms with Gasteiger partial charge in [0.05, 0.1) is 0 Å². The summed E-state index contributed by atoms with van der Waals surface area (Å²) >= 11 is 5.86. The molecule has 2 rings (SSSR count). The number of carbonyl (C=O) groups excluding carboxylic acids is 1. The third-order valence-electron chi connectivity index (χ3n) is 4.09. The van der Waals surface area contributed by atoms with Crippen molar-refractivity contribution in [3.63, 3.8) is 0 Å². The molecule has 3 nitrogen and oxygen atoms in total. The van der Waals surface area contributed by atoms with Crippen LogP contribution in [0.25, 0.3) is 0 Å². The van der Waals surface area contributed by atoms with E-state index in [1.165, 1.54) is 6.07 Å². The van der Waals surface area contributed by atoms with Crippen LogP contribution in [0.4, 0.5) is 35.1 Å². The summed E-state index contributed by atoms with van der Waals surface area (Å²) in [6.07, 6.45) is -6.56. The zero-order valence-electron chi connectivity index (χ0n) is 13.5. The summed E-state index contributed by atoms with van der Waals surface area (Å²) in [7, 11) is 0. The van der Waals surface area contributed by atoms with Crippen molar-refractivity contribution in [3.05, 3.63) is 34.6 Å². The van der Waals surface area contributed by atoms with E-state index in [-0.39, 0.29) is 29.6 Å². The average Bonchev–Trinajstić information content (AvgIpc) is 2.56. The third kappa shape index (κ3) is 4.29. The maximum atomic E-state index is 13.5. The summed E-state index contributed by atoms with van der Waals surface area (Å²) in [5.41, 5.74) is 0.506. The second kappa shape index (κ2) is 7.42. The van der Waals surface area contributed by atoms with Crippen LogP contribution in [0.15, 0.2) is 18.2 Å². The Bertz CT molecular complexity index is 702. The molecule has 1 aliphatic heterocycles. The Balaban J connectivity index is 2.01. The second-order valence-electron chi connectivity index (χ2n) is 5.95. The molecule has 0 N–H and O–H groups in total. The number of halogens is 9. The quantitative estimate of drug-likeness (QED) is 0.683. The smallest absolute Gasteiger partial charge is 0.335 e. The van der Waals surface area contributed by atoms with Crippen molar-refractivity contribution < 1.29 is 39.9 Å². The highest BCUT2D eigenvalue weighted by atomic mass is 35.5. The molecule has 1 aromatic rings. The maximum absolute atomic E-state index is 13.5. The SMILES string of the molecule is O=C(N1CCN(Cc2ccc(F)cc2Cl)CC1)C(F)(F)C(F)(F)C(F)(F)F. The minimum absolute atomic E-state index is 0.0624. The van der Waals surface area contributed by atoms with Crippen LogP contribution >= 0.6 is 11.6 Å². The van der Waals surface area contributed by atoms with Crippen LogP contribution in [0, 0.1) is 5.82 Å². The van der Waals surface area contributed by atoms with E-state index >= 15 is 0 Å². The van der Waals surface area contributed by atoms with Gasteiger partial charge in [-0.05, 0) is 17.7 Å². The fourth-order valence-corrected chi connectivity index (χ4v) is 2.74. The van der Waals surface area contributed by atoms with E-state index in [9.17, 15) is 39.9 Å². The lowest BCUT2D eigenvalue weighted by molar-refractivity contribution is -0.346. The Morgan fingerprint density at radius 3 is 2.04 bits per heavy atom. The van der Waals surface area contributed by atoms with Gasteiger partial charge >= 0.3 is 18.0 Å². The summed E-state index contributed by atoms with van der Waals surface area (Å²) < 4.78 is 102. The Morgan fingerprint density at radius 2 is 1.56 bits per heavy atom.